The maximum Gasteiger partial charge on any atom is 0.306 e. The Hall–Kier alpha value is -0.720. The monoisotopic (exact) mass is 477 g/mol. The molecular formula is C26H46NaO6. The second-order valence-electron chi connectivity index (χ2n) is 8.79. The van der Waals surface area contributed by atoms with Crippen molar-refractivity contribution in [3.05, 3.63) is 0 Å². The predicted molar refractivity (Wildman–Crippen MR) is 132 cm³/mol. The Kier molecular flexibility index (Phi) is 27.0. The van der Waals surface area contributed by atoms with Crippen LogP contribution in [0.2, 0.25) is 0 Å². The van der Waals surface area contributed by atoms with Crippen LogP contribution in [-0.4, -0.2) is 66.3 Å². The minimum Gasteiger partial charge on any atom is -0.466 e. The van der Waals surface area contributed by atoms with E-state index in [0.717, 1.165) is 89.9 Å². The van der Waals surface area contributed by atoms with E-state index < -0.39 is 0 Å². The molecule has 33 heavy (non-hydrogen) atoms. The fourth-order valence-electron chi connectivity index (χ4n) is 3.44. The van der Waals surface area contributed by atoms with Crippen molar-refractivity contribution >= 4 is 53.1 Å². The average molecular weight is 478 g/mol. The molecule has 1 radical (unpaired) electrons. The molecule has 0 unspecified atom stereocenters. The standard InChI is InChI=1S/C26H46O6.Na/c1-23(27)17-13-9-5-3-7-11-15-21-31-25(29)19-20-26(30)32-22-16-12-8-4-6-10-14-18-24(2)28;/h3-22H2,1-2H3;. The predicted octanol–water partition coefficient (Wildman–Crippen LogP) is 5.89. The number of carbonyl (C=O) groups excluding carboxylic acids is 4. The van der Waals surface area contributed by atoms with Crippen LogP contribution in [0, 0.1) is 0 Å². The van der Waals surface area contributed by atoms with E-state index in [9.17, 15) is 19.2 Å². The summed E-state index contributed by atoms with van der Waals surface area (Å²) in [5.74, 6) is -0.145. The molecule has 0 heterocycles. The van der Waals surface area contributed by atoms with E-state index in [1.807, 2.05) is 0 Å². The molecule has 0 amide bonds. The van der Waals surface area contributed by atoms with E-state index in [0.29, 0.717) is 26.1 Å². The van der Waals surface area contributed by atoms with Crippen molar-refractivity contribution < 1.29 is 28.7 Å². The van der Waals surface area contributed by atoms with E-state index in [2.05, 4.69) is 0 Å². The minimum atomic E-state index is -0.337. The Labute approximate surface area is 223 Å². The third-order valence-electron chi connectivity index (χ3n) is 5.41. The summed E-state index contributed by atoms with van der Waals surface area (Å²) in [7, 11) is 0. The quantitative estimate of drug-likeness (QED) is 0.104. The van der Waals surface area contributed by atoms with Gasteiger partial charge < -0.3 is 19.1 Å². The summed E-state index contributed by atoms with van der Waals surface area (Å²) < 4.78 is 10.3. The van der Waals surface area contributed by atoms with Gasteiger partial charge in [0.15, 0.2) is 0 Å². The van der Waals surface area contributed by atoms with Crippen molar-refractivity contribution in [1.29, 1.82) is 0 Å². The summed E-state index contributed by atoms with van der Waals surface area (Å²) in [4.78, 5) is 45.1. The molecule has 0 aromatic rings. The van der Waals surface area contributed by atoms with Crippen molar-refractivity contribution in [2.75, 3.05) is 13.2 Å². The number of ketones is 2. The van der Waals surface area contributed by atoms with Gasteiger partial charge in [-0.2, -0.15) is 0 Å². The molecule has 6 nitrogen and oxygen atoms in total. The van der Waals surface area contributed by atoms with Gasteiger partial charge in [-0.3, -0.25) is 9.59 Å². The summed E-state index contributed by atoms with van der Waals surface area (Å²) in [6.07, 6.45) is 16.3. The number of esters is 2. The van der Waals surface area contributed by atoms with E-state index in [1.54, 1.807) is 13.8 Å². The average Bonchev–Trinajstić information content (AvgIpc) is 2.74. The Balaban J connectivity index is 0. The summed E-state index contributed by atoms with van der Waals surface area (Å²) >= 11 is 0. The molecule has 0 aliphatic rings. The number of ether oxygens (including phenoxy) is 2. The number of hydrogen-bond acceptors (Lipinski definition) is 6. The van der Waals surface area contributed by atoms with Gasteiger partial charge in [-0.1, -0.05) is 64.2 Å². The van der Waals surface area contributed by atoms with Crippen LogP contribution in [0.1, 0.15) is 129 Å². The zero-order chi connectivity index (χ0) is 23.9. The number of unbranched alkanes of at least 4 members (excludes halogenated alkanes) is 12. The molecule has 0 aliphatic carbocycles. The fraction of sp³-hybridized carbons (Fsp3) is 0.846. The zero-order valence-electron chi connectivity index (χ0n) is 21.6. The smallest absolute Gasteiger partial charge is 0.306 e. The second-order valence-corrected chi connectivity index (χ2v) is 8.79. The van der Waals surface area contributed by atoms with Gasteiger partial charge in [0.25, 0.3) is 0 Å². The van der Waals surface area contributed by atoms with Crippen LogP contribution in [0.3, 0.4) is 0 Å². The molecule has 0 fully saturated rings. The van der Waals surface area contributed by atoms with Crippen molar-refractivity contribution in [2.45, 2.75) is 129 Å². The first-order valence-electron chi connectivity index (χ1n) is 12.7. The van der Waals surface area contributed by atoms with Crippen LogP contribution in [0.5, 0.6) is 0 Å². The van der Waals surface area contributed by atoms with Crippen molar-refractivity contribution in [1.82, 2.24) is 0 Å². The van der Waals surface area contributed by atoms with E-state index in [4.69, 9.17) is 9.47 Å². The molecule has 0 rings (SSSR count). The van der Waals surface area contributed by atoms with Gasteiger partial charge in [-0.15, -0.1) is 0 Å². The second kappa shape index (κ2) is 25.9. The van der Waals surface area contributed by atoms with Crippen LogP contribution in [0.15, 0.2) is 0 Å². The molecule has 0 spiro atoms. The molecule has 0 aromatic carbocycles. The normalized spacial score (nSPS) is 10.4. The molecule has 0 N–H and O–H groups in total. The van der Waals surface area contributed by atoms with Crippen LogP contribution in [-0.2, 0) is 28.7 Å². The molecular weight excluding hydrogens is 431 g/mol. The largest absolute Gasteiger partial charge is 0.466 e. The molecule has 0 saturated heterocycles. The Morgan fingerprint density at radius 2 is 0.697 bits per heavy atom. The van der Waals surface area contributed by atoms with Gasteiger partial charge >= 0.3 is 11.9 Å². The van der Waals surface area contributed by atoms with Gasteiger partial charge in [0, 0.05) is 42.4 Å². The van der Waals surface area contributed by atoms with Crippen molar-refractivity contribution in [2.24, 2.45) is 0 Å². The topological polar surface area (TPSA) is 86.7 Å². The maximum absolute atomic E-state index is 11.7. The van der Waals surface area contributed by atoms with Gasteiger partial charge in [0.05, 0.1) is 26.1 Å². The molecule has 0 saturated carbocycles. The SMILES string of the molecule is CC(=O)CCCCCCCCCOC(=O)CCC(=O)OCCCCCCCCCC(C)=O.[Na]. The van der Waals surface area contributed by atoms with E-state index in [1.165, 1.54) is 0 Å². The van der Waals surface area contributed by atoms with Crippen molar-refractivity contribution in [3.63, 3.8) is 0 Å². The van der Waals surface area contributed by atoms with Crippen LogP contribution >= 0.6 is 0 Å². The first-order valence-corrected chi connectivity index (χ1v) is 12.7. The Morgan fingerprint density at radius 1 is 0.424 bits per heavy atom. The summed E-state index contributed by atoms with van der Waals surface area (Å²) in [6.45, 7) is 4.09. The molecule has 7 heteroatoms. The third kappa shape index (κ3) is 29.2. The van der Waals surface area contributed by atoms with Gasteiger partial charge in [0.1, 0.15) is 11.6 Å². The molecule has 0 atom stereocenters. The maximum atomic E-state index is 11.7. The number of hydrogen-bond donors (Lipinski definition) is 0. The van der Waals surface area contributed by atoms with Crippen LogP contribution < -0.4 is 0 Å². The van der Waals surface area contributed by atoms with Crippen LogP contribution in [0.25, 0.3) is 0 Å². The first kappa shape index (κ1) is 34.4. The molecule has 187 valence electrons. The summed E-state index contributed by atoms with van der Waals surface area (Å²) in [5.41, 5.74) is 0. The molecule has 0 aromatic heterocycles. The summed E-state index contributed by atoms with van der Waals surface area (Å²) in [5, 5.41) is 0. The number of Topliss-reactive ketones (excluding diaryl/α,β-unsaturated/α-hetero) is 2. The number of carbonyl (C=O) groups is 4. The number of rotatable bonds is 23. The zero-order valence-corrected chi connectivity index (χ0v) is 23.6. The fourth-order valence-corrected chi connectivity index (χ4v) is 3.44. The summed E-state index contributed by atoms with van der Waals surface area (Å²) in [6, 6.07) is 0. The van der Waals surface area contributed by atoms with Gasteiger partial charge in [-0.05, 0) is 39.5 Å². The van der Waals surface area contributed by atoms with Gasteiger partial charge in [0.2, 0.25) is 0 Å². The first-order chi connectivity index (χ1) is 15.4. The van der Waals surface area contributed by atoms with Gasteiger partial charge in [-0.25, -0.2) is 0 Å². The Bertz CT molecular complexity index is 475. The molecule has 0 aliphatic heterocycles. The van der Waals surface area contributed by atoms with E-state index in [-0.39, 0.29) is 65.9 Å². The third-order valence-corrected chi connectivity index (χ3v) is 5.41. The Morgan fingerprint density at radius 3 is 1.00 bits per heavy atom. The van der Waals surface area contributed by atoms with Crippen LogP contribution in [0.4, 0.5) is 0 Å². The minimum absolute atomic E-state index is 0. The van der Waals surface area contributed by atoms with E-state index >= 15 is 0 Å². The molecule has 0 bridgehead atoms. The van der Waals surface area contributed by atoms with Crippen molar-refractivity contribution in [3.8, 4) is 0 Å².